The highest BCUT2D eigenvalue weighted by Crippen LogP contribution is 2.31. The van der Waals surface area contributed by atoms with Gasteiger partial charge in [-0.25, -0.2) is 9.97 Å². The molecule has 0 aliphatic carbocycles. The molecule has 0 saturated carbocycles. The van der Waals surface area contributed by atoms with E-state index in [1.54, 1.807) is 13.3 Å². The maximum absolute atomic E-state index is 5.29. The Morgan fingerprint density at radius 3 is 2.55 bits per heavy atom. The highest BCUT2D eigenvalue weighted by molar-refractivity contribution is 5.81. The lowest BCUT2D eigenvalue weighted by Crippen LogP contribution is -2.12. The molecule has 0 saturated heterocycles. The van der Waals surface area contributed by atoms with Crippen molar-refractivity contribution in [1.82, 2.24) is 24.1 Å². The molecule has 1 N–H and O–H groups in total. The average molecular weight is 390 g/mol. The molecular weight excluding hydrogens is 364 g/mol. The minimum Gasteiger partial charge on any atom is -0.497 e. The predicted molar refractivity (Wildman–Crippen MR) is 115 cm³/mol. The van der Waals surface area contributed by atoms with Crippen LogP contribution in [0.2, 0.25) is 0 Å². The van der Waals surface area contributed by atoms with E-state index in [1.807, 2.05) is 43.0 Å². The van der Waals surface area contributed by atoms with Crippen LogP contribution in [0.15, 0.2) is 43.0 Å². The first-order valence-corrected chi connectivity index (χ1v) is 9.79. The summed E-state index contributed by atoms with van der Waals surface area (Å²) in [5.41, 5.74) is 6.08. The Morgan fingerprint density at radius 2 is 1.86 bits per heavy atom. The molecule has 0 spiro atoms. The second-order valence-electron chi connectivity index (χ2n) is 7.18. The number of hydrogen-bond donors (Lipinski definition) is 1. The van der Waals surface area contributed by atoms with Gasteiger partial charge in [0.2, 0.25) is 0 Å². The average Bonchev–Trinajstić information content (AvgIpc) is 3.35. The molecule has 0 fully saturated rings. The van der Waals surface area contributed by atoms with Gasteiger partial charge in [-0.2, -0.15) is 9.61 Å². The lowest BCUT2D eigenvalue weighted by atomic mass is 10.1. The van der Waals surface area contributed by atoms with Crippen LogP contribution in [0.5, 0.6) is 5.75 Å². The highest BCUT2D eigenvalue weighted by Gasteiger charge is 2.18. The Kier molecular flexibility index (Phi) is 5.20. The Bertz CT molecular complexity index is 1110. The van der Waals surface area contributed by atoms with Gasteiger partial charge in [0.05, 0.1) is 19.1 Å². The van der Waals surface area contributed by atoms with Crippen LogP contribution in [-0.2, 0) is 6.54 Å². The number of nitrogens with one attached hydrogen (secondary N) is 1. The van der Waals surface area contributed by atoms with Crippen molar-refractivity contribution in [1.29, 1.82) is 0 Å². The van der Waals surface area contributed by atoms with Crippen molar-refractivity contribution in [3.63, 3.8) is 0 Å². The van der Waals surface area contributed by atoms with E-state index in [0.29, 0.717) is 0 Å². The van der Waals surface area contributed by atoms with Gasteiger partial charge in [-0.1, -0.05) is 12.1 Å². The van der Waals surface area contributed by atoms with Gasteiger partial charge in [0.1, 0.15) is 11.6 Å². The fourth-order valence-electron chi connectivity index (χ4n) is 3.54. The molecule has 0 bridgehead atoms. The molecule has 0 radical (unpaired) electrons. The van der Waals surface area contributed by atoms with Gasteiger partial charge in [-0.15, -0.1) is 0 Å². The van der Waals surface area contributed by atoms with Gasteiger partial charge in [0.15, 0.2) is 5.65 Å². The first-order valence-electron chi connectivity index (χ1n) is 9.79. The van der Waals surface area contributed by atoms with Gasteiger partial charge >= 0.3 is 0 Å². The Balaban J connectivity index is 1.66. The number of ether oxygens (including phenoxy) is 1. The van der Waals surface area contributed by atoms with E-state index in [0.717, 1.165) is 64.8 Å². The quantitative estimate of drug-likeness (QED) is 0.483. The van der Waals surface area contributed by atoms with E-state index in [4.69, 9.17) is 14.8 Å². The fraction of sp³-hybridized carbons (Fsp3) is 0.318. The molecule has 0 aliphatic rings. The summed E-state index contributed by atoms with van der Waals surface area (Å²) in [5, 5.41) is 8.38. The monoisotopic (exact) mass is 390 g/mol. The van der Waals surface area contributed by atoms with Crippen molar-refractivity contribution < 1.29 is 4.74 Å². The van der Waals surface area contributed by atoms with Gasteiger partial charge in [-0.3, -0.25) is 0 Å². The molecule has 3 aromatic heterocycles. The second-order valence-corrected chi connectivity index (χ2v) is 7.18. The molecule has 4 rings (SSSR count). The molecule has 1 aromatic carbocycles. The summed E-state index contributed by atoms with van der Waals surface area (Å²) in [4.78, 5) is 8.95. The lowest BCUT2D eigenvalue weighted by molar-refractivity contribution is 0.415. The number of rotatable bonds is 7. The zero-order valence-electron chi connectivity index (χ0n) is 17.3. The topological polar surface area (TPSA) is 69.3 Å². The molecule has 4 aromatic rings. The minimum absolute atomic E-state index is 0.836. The third-order valence-electron chi connectivity index (χ3n) is 5.24. The zero-order valence-corrected chi connectivity index (χ0v) is 17.3. The van der Waals surface area contributed by atoms with Crippen molar-refractivity contribution in [2.45, 2.75) is 33.7 Å². The van der Waals surface area contributed by atoms with Crippen LogP contribution in [0.4, 0.5) is 5.82 Å². The maximum Gasteiger partial charge on any atom is 0.165 e. The van der Waals surface area contributed by atoms with E-state index in [1.165, 1.54) is 0 Å². The van der Waals surface area contributed by atoms with Crippen molar-refractivity contribution >= 4 is 11.5 Å². The van der Waals surface area contributed by atoms with E-state index in [9.17, 15) is 0 Å². The van der Waals surface area contributed by atoms with Gasteiger partial charge in [-0.05, 0) is 44.9 Å². The third-order valence-corrected chi connectivity index (χ3v) is 5.24. The molecule has 0 unspecified atom stereocenters. The normalized spacial score (nSPS) is 11.2. The standard InChI is InChI=1S/C22H26N6O/c1-15-16(2)25-22-20(18-6-8-19(29-4)9-7-18)17(3)26-28(22)21(15)24-10-5-12-27-13-11-23-14-27/h6-9,11,13-14,24H,5,10,12H2,1-4H3. The maximum atomic E-state index is 5.29. The lowest BCUT2D eigenvalue weighted by Gasteiger charge is -2.14. The predicted octanol–water partition coefficient (Wildman–Crippen LogP) is 4.03. The summed E-state index contributed by atoms with van der Waals surface area (Å²) in [6.07, 6.45) is 6.63. The van der Waals surface area contributed by atoms with Gasteiger partial charge < -0.3 is 14.6 Å². The second kappa shape index (κ2) is 7.95. The van der Waals surface area contributed by atoms with E-state index >= 15 is 0 Å². The van der Waals surface area contributed by atoms with Crippen molar-refractivity contribution in [2.24, 2.45) is 0 Å². The van der Waals surface area contributed by atoms with Crippen LogP contribution in [0.3, 0.4) is 0 Å². The first kappa shape index (κ1) is 19.0. The number of aromatic nitrogens is 5. The summed E-state index contributed by atoms with van der Waals surface area (Å²) < 4.78 is 9.31. The SMILES string of the molecule is COc1ccc(-c2c(C)nn3c(NCCCn4ccnc4)c(C)c(C)nc23)cc1. The zero-order chi connectivity index (χ0) is 20.4. The van der Waals surface area contributed by atoms with Crippen molar-refractivity contribution in [2.75, 3.05) is 19.0 Å². The summed E-state index contributed by atoms with van der Waals surface area (Å²) in [5.74, 6) is 1.84. The molecule has 3 heterocycles. The number of nitrogens with zero attached hydrogens (tertiary/aromatic N) is 5. The number of benzene rings is 1. The smallest absolute Gasteiger partial charge is 0.165 e. The highest BCUT2D eigenvalue weighted by atomic mass is 16.5. The third kappa shape index (κ3) is 3.68. The molecule has 150 valence electrons. The minimum atomic E-state index is 0.836. The molecule has 0 atom stereocenters. The Morgan fingerprint density at radius 1 is 1.07 bits per heavy atom. The molecule has 7 nitrogen and oxygen atoms in total. The first-order chi connectivity index (χ1) is 14.1. The van der Waals surface area contributed by atoms with Crippen LogP contribution in [0, 0.1) is 20.8 Å². The number of methoxy groups -OCH3 is 1. The van der Waals surface area contributed by atoms with E-state index in [2.05, 4.69) is 33.9 Å². The number of imidazole rings is 1. The summed E-state index contributed by atoms with van der Waals surface area (Å²) in [7, 11) is 1.67. The van der Waals surface area contributed by atoms with Crippen molar-refractivity contribution in [3.8, 4) is 16.9 Å². The van der Waals surface area contributed by atoms with E-state index in [-0.39, 0.29) is 0 Å². The summed E-state index contributed by atoms with van der Waals surface area (Å²) in [6, 6.07) is 8.04. The number of fused-ring (bicyclic) bond motifs is 1. The van der Waals surface area contributed by atoms with Crippen LogP contribution >= 0.6 is 0 Å². The number of anilines is 1. The Labute approximate surface area is 170 Å². The molecule has 29 heavy (non-hydrogen) atoms. The van der Waals surface area contributed by atoms with Crippen LogP contribution in [0.1, 0.15) is 23.4 Å². The van der Waals surface area contributed by atoms with Crippen LogP contribution in [0.25, 0.3) is 16.8 Å². The van der Waals surface area contributed by atoms with Crippen molar-refractivity contribution in [3.05, 3.63) is 59.9 Å². The van der Waals surface area contributed by atoms with Gasteiger partial charge in [0, 0.05) is 42.3 Å². The van der Waals surface area contributed by atoms with Crippen LogP contribution in [-0.4, -0.2) is 37.8 Å². The summed E-state index contributed by atoms with van der Waals surface area (Å²) >= 11 is 0. The summed E-state index contributed by atoms with van der Waals surface area (Å²) in [6.45, 7) is 7.93. The molecule has 0 aliphatic heterocycles. The Hall–Kier alpha value is -3.35. The largest absolute Gasteiger partial charge is 0.497 e. The van der Waals surface area contributed by atoms with Gasteiger partial charge in [0.25, 0.3) is 0 Å². The van der Waals surface area contributed by atoms with E-state index < -0.39 is 0 Å². The number of aryl methyl sites for hydroxylation is 3. The number of hydrogen-bond acceptors (Lipinski definition) is 5. The molecule has 7 heteroatoms. The fourth-order valence-corrected chi connectivity index (χ4v) is 3.54. The van der Waals surface area contributed by atoms with Crippen LogP contribution < -0.4 is 10.1 Å². The molecule has 0 amide bonds. The molecular formula is C22H26N6O.